The van der Waals surface area contributed by atoms with Crippen LogP contribution in [0.4, 0.5) is 0 Å². The third-order valence-corrected chi connectivity index (χ3v) is 9.15. The first-order chi connectivity index (χ1) is 23.8. The Bertz CT molecular complexity index is 2720. The summed E-state index contributed by atoms with van der Waals surface area (Å²) in [5.74, 6) is 1.75. The summed E-state index contributed by atoms with van der Waals surface area (Å²) in [6, 6.07) is 51.6. The van der Waals surface area contributed by atoms with E-state index in [1.807, 2.05) is 66.7 Å². The molecule has 10 rings (SSSR count). The Kier molecular flexibility index (Phi) is 5.81. The molecule has 0 atom stereocenters. The summed E-state index contributed by atoms with van der Waals surface area (Å²) < 4.78 is 12.5. The molecule has 0 bridgehead atoms. The zero-order chi connectivity index (χ0) is 31.6. The highest BCUT2D eigenvalue weighted by molar-refractivity contribution is 6.13. The fourth-order valence-electron chi connectivity index (χ4n) is 6.94. The number of aromatic nitrogens is 3. The van der Waals surface area contributed by atoms with Crippen LogP contribution in [0.1, 0.15) is 0 Å². The predicted molar refractivity (Wildman–Crippen MR) is 194 cm³/mol. The van der Waals surface area contributed by atoms with Gasteiger partial charge in [0, 0.05) is 38.2 Å². The largest absolute Gasteiger partial charge is 0.456 e. The van der Waals surface area contributed by atoms with Crippen LogP contribution in [0.15, 0.2) is 160 Å². The quantitative estimate of drug-likeness (QED) is 0.197. The topological polar surface area (TPSA) is 65.0 Å². The van der Waals surface area contributed by atoms with Crippen LogP contribution < -0.4 is 0 Å². The van der Waals surface area contributed by atoms with Crippen molar-refractivity contribution in [3.8, 4) is 45.3 Å². The minimum absolute atomic E-state index is 0.577. The van der Waals surface area contributed by atoms with Gasteiger partial charge in [-0.2, -0.15) is 0 Å². The van der Waals surface area contributed by atoms with Crippen LogP contribution in [-0.4, -0.2) is 15.0 Å². The van der Waals surface area contributed by atoms with Crippen molar-refractivity contribution in [1.29, 1.82) is 0 Å². The van der Waals surface area contributed by atoms with E-state index in [1.165, 1.54) is 0 Å². The fraction of sp³-hybridized carbons (Fsp3) is 0. The van der Waals surface area contributed by atoms with E-state index in [2.05, 4.69) is 84.9 Å². The maximum atomic E-state index is 6.27. The van der Waals surface area contributed by atoms with Gasteiger partial charge >= 0.3 is 0 Å². The number of benzene rings is 7. The molecule has 224 valence electrons. The first-order valence-electron chi connectivity index (χ1n) is 15.9. The lowest BCUT2D eigenvalue weighted by Gasteiger charge is -2.12. The molecule has 0 aliphatic rings. The number of furan rings is 2. The molecule has 48 heavy (non-hydrogen) atoms. The number of rotatable bonds is 4. The molecule has 5 heteroatoms. The van der Waals surface area contributed by atoms with Crippen LogP contribution in [-0.2, 0) is 0 Å². The predicted octanol–water partition coefficient (Wildman–Crippen LogP) is 11.5. The Balaban J connectivity index is 1.28. The van der Waals surface area contributed by atoms with E-state index in [1.54, 1.807) is 0 Å². The fourth-order valence-corrected chi connectivity index (χ4v) is 6.94. The van der Waals surface area contributed by atoms with Crippen LogP contribution in [0.3, 0.4) is 0 Å². The number of nitrogens with zero attached hydrogens (tertiary/aromatic N) is 3. The zero-order valence-corrected chi connectivity index (χ0v) is 25.6. The molecule has 0 N–H and O–H groups in total. The number of hydrogen-bond acceptors (Lipinski definition) is 5. The maximum Gasteiger partial charge on any atom is 0.164 e. The molecule has 3 aromatic heterocycles. The molecule has 0 radical (unpaired) electrons. The molecule has 7 aromatic carbocycles. The van der Waals surface area contributed by atoms with E-state index in [0.29, 0.717) is 17.5 Å². The van der Waals surface area contributed by atoms with E-state index in [-0.39, 0.29) is 0 Å². The number of fused-ring (bicyclic) bond motifs is 7. The molecular formula is C43H25N3O2. The first kappa shape index (κ1) is 26.6. The Morgan fingerprint density at radius 2 is 0.833 bits per heavy atom. The van der Waals surface area contributed by atoms with E-state index < -0.39 is 0 Å². The van der Waals surface area contributed by atoms with Crippen molar-refractivity contribution in [1.82, 2.24) is 15.0 Å². The molecule has 5 nitrogen and oxygen atoms in total. The second-order valence-corrected chi connectivity index (χ2v) is 12.0. The molecule has 3 heterocycles. The first-order valence-corrected chi connectivity index (χ1v) is 15.9. The highest BCUT2D eigenvalue weighted by Crippen LogP contribution is 2.40. The molecule has 0 saturated carbocycles. The Hall–Kier alpha value is -6.59. The number of hydrogen-bond donors (Lipinski definition) is 0. The lowest BCUT2D eigenvalue weighted by Crippen LogP contribution is -2.01. The molecule has 0 spiro atoms. The van der Waals surface area contributed by atoms with Gasteiger partial charge in [-0.25, -0.2) is 15.0 Å². The summed E-state index contributed by atoms with van der Waals surface area (Å²) in [6.07, 6.45) is 0. The zero-order valence-electron chi connectivity index (χ0n) is 25.6. The van der Waals surface area contributed by atoms with Crippen molar-refractivity contribution >= 4 is 54.6 Å². The molecule has 0 aliphatic carbocycles. The van der Waals surface area contributed by atoms with Gasteiger partial charge in [-0.3, -0.25) is 0 Å². The third kappa shape index (κ3) is 4.15. The lowest BCUT2D eigenvalue weighted by atomic mass is 9.97. The van der Waals surface area contributed by atoms with Gasteiger partial charge in [-0.1, -0.05) is 121 Å². The molecule has 0 unspecified atom stereocenters. The van der Waals surface area contributed by atoms with Crippen LogP contribution in [0, 0.1) is 0 Å². The highest BCUT2D eigenvalue weighted by atomic mass is 16.3. The summed E-state index contributed by atoms with van der Waals surface area (Å²) in [4.78, 5) is 15.7. The summed E-state index contributed by atoms with van der Waals surface area (Å²) in [6.45, 7) is 0. The van der Waals surface area contributed by atoms with Crippen LogP contribution in [0.2, 0.25) is 0 Å². The van der Waals surface area contributed by atoms with Gasteiger partial charge in [-0.15, -0.1) is 0 Å². The highest BCUT2D eigenvalue weighted by Gasteiger charge is 2.21. The number of para-hydroxylation sites is 2. The van der Waals surface area contributed by atoms with Gasteiger partial charge < -0.3 is 8.83 Å². The van der Waals surface area contributed by atoms with Crippen molar-refractivity contribution in [2.45, 2.75) is 0 Å². The van der Waals surface area contributed by atoms with E-state index in [0.717, 1.165) is 82.5 Å². The molecular weight excluding hydrogens is 590 g/mol. The van der Waals surface area contributed by atoms with Crippen molar-refractivity contribution in [3.05, 3.63) is 152 Å². The van der Waals surface area contributed by atoms with Crippen LogP contribution in [0.25, 0.3) is 99.9 Å². The average Bonchev–Trinajstić information content (AvgIpc) is 3.73. The van der Waals surface area contributed by atoms with E-state index in [9.17, 15) is 0 Å². The monoisotopic (exact) mass is 615 g/mol. The van der Waals surface area contributed by atoms with Gasteiger partial charge in [0.15, 0.2) is 17.5 Å². The van der Waals surface area contributed by atoms with Gasteiger partial charge in [0.05, 0.1) is 0 Å². The molecule has 0 aliphatic heterocycles. The summed E-state index contributed by atoms with van der Waals surface area (Å²) in [5, 5.41) is 6.18. The standard InChI is InChI=1S/C43H25N3O2/c1-2-11-26(12-3-1)28-24-23-27-13-8-16-29(34(27)25-28)41-44-42(32-17-9-21-37-39(32)30-14-4-6-19-35(30)47-37)46-43(45-41)33-18-10-22-38-40(33)31-15-5-7-20-36(31)48-38/h1-25H. The maximum absolute atomic E-state index is 6.27. The Labute approximate surface area is 274 Å². The van der Waals surface area contributed by atoms with Crippen LogP contribution >= 0.6 is 0 Å². The minimum Gasteiger partial charge on any atom is -0.456 e. The smallest absolute Gasteiger partial charge is 0.164 e. The minimum atomic E-state index is 0.577. The van der Waals surface area contributed by atoms with Crippen molar-refractivity contribution < 1.29 is 8.83 Å². The second-order valence-electron chi connectivity index (χ2n) is 12.0. The molecule has 0 fully saturated rings. The molecule has 0 amide bonds. The van der Waals surface area contributed by atoms with Gasteiger partial charge in [0.25, 0.3) is 0 Å². The second kappa shape index (κ2) is 10.5. The van der Waals surface area contributed by atoms with Crippen LogP contribution in [0.5, 0.6) is 0 Å². The summed E-state index contributed by atoms with van der Waals surface area (Å²) >= 11 is 0. The summed E-state index contributed by atoms with van der Waals surface area (Å²) in [5.41, 5.74) is 8.23. The van der Waals surface area contributed by atoms with E-state index in [4.69, 9.17) is 23.8 Å². The molecule has 0 saturated heterocycles. The van der Waals surface area contributed by atoms with Gasteiger partial charge in [0.2, 0.25) is 0 Å². The van der Waals surface area contributed by atoms with Crippen molar-refractivity contribution in [3.63, 3.8) is 0 Å². The van der Waals surface area contributed by atoms with Gasteiger partial charge in [0.1, 0.15) is 22.3 Å². The van der Waals surface area contributed by atoms with E-state index >= 15 is 0 Å². The molecule has 10 aromatic rings. The average molecular weight is 616 g/mol. The Morgan fingerprint density at radius 3 is 1.46 bits per heavy atom. The normalized spacial score (nSPS) is 11.8. The Morgan fingerprint density at radius 1 is 0.333 bits per heavy atom. The summed E-state index contributed by atoms with van der Waals surface area (Å²) in [7, 11) is 0. The van der Waals surface area contributed by atoms with Gasteiger partial charge in [-0.05, 0) is 52.2 Å². The lowest BCUT2D eigenvalue weighted by molar-refractivity contribution is 0.668. The van der Waals surface area contributed by atoms with Crippen molar-refractivity contribution in [2.24, 2.45) is 0 Å². The third-order valence-electron chi connectivity index (χ3n) is 9.15. The van der Waals surface area contributed by atoms with Crippen molar-refractivity contribution in [2.75, 3.05) is 0 Å². The SMILES string of the molecule is c1ccc(-c2ccc3cccc(-c4nc(-c5cccc6oc7ccccc7c56)nc(-c5cccc6oc7ccccc7c56)n4)c3c2)cc1.